The van der Waals surface area contributed by atoms with Gasteiger partial charge >= 0.3 is 0 Å². The van der Waals surface area contributed by atoms with Crippen LogP contribution in [-0.4, -0.2) is 30.4 Å². The summed E-state index contributed by atoms with van der Waals surface area (Å²) in [5.41, 5.74) is 1.20. The Morgan fingerprint density at radius 1 is 1.24 bits per heavy atom. The number of likely N-dealkylation sites (N-methyl/N-ethyl adjacent to an activating group) is 1. The van der Waals surface area contributed by atoms with Gasteiger partial charge in [-0.05, 0) is 26.3 Å². The first-order valence-electron chi connectivity index (χ1n) is 6.06. The second kappa shape index (κ2) is 6.40. The van der Waals surface area contributed by atoms with Gasteiger partial charge in [0.2, 0.25) is 5.91 Å². The van der Waals surface area contributed by atoms with Gasteiger partial charge < -0.3 is 10.2 Å². The van der Waals surface area contributed by atoms with E-state index in [9.17, 15) is 4.79 Å². The van der Waals surface area contributed by atoms with Gasteiger partial charge in [-0.25, -0.2) is 0 Å². The van der Waals surface area contributed by atoms with Crippen molar-refractivity contribution in [3.05, 3.63) is 35.9 Å². The summed E-state index contributed by atoms with van der Waals surface area (Å²) in [5, 5.41) is 3.24. The van der Waals surface area contributed by atoms with Gasteiger partial charge in [0, 0.05) is 19.1 Å². The van der Waals surface area contributed by atoms with Gasteiger partial charge in [-0.1, -0.05) is 30.3 Å². The number of benzene rings is 1. The maximum absolute atomic E-state index is 11.8. The number of carbonyl (C=O) groups is 1. The van der Waals surface area contributed by atoms with Gasteiger partial charge in [0.25, 0.3) is 0 Å². The number of nitrogens with zero attached hydrogens (tertiary/aromatic N) is 1. The molecule has 3 nitrogen and oxygen atoms in total. The number of hydrogen-bond acceptors (Lipinski definition) is 2. The molecule has 0 unspecified atom stereocenters. The molecule has 0 aliphatic rings. The summed E-state index contributed by atoms with van der Waals surface area (Å²) in [6, 6.07) is 10.6. The van der Waals surface area contributed by atoms with Crippen LogP contribution in [0, 0.1) is 0 Å². The normalized spacial score (nSPS) is 12.5. The molecule has 0 aromatic heterocycles. The first-order chi connectivity index (χ1) is 8.02. The third kappa shape index (κ3) is 4.19. The van der Waals surface area contributed by atoms with Crippen LogP contribution in [0.1, 0.15) is 32.4 Å². The van der Waals surface area contributed by atoms with Gasteiger partial charge in [-0.15, -0.1) is 0 Å². The molecule has 1 N–H and O–H groups in total. The standard InChI is InChI=1S/C14H22N2O/c1-11(2)16(4)14(17)10-15-12(3)13-8-6-5-7-9-13/h5-9,11-12,15H,10H2,1-4H3/t12-/m1/s1. The Morgan fingerprint density at radius 3 is 2.35 bits per heavy atom. The van der Waals surface area contributed by atoms with E-state index in [2.05, 4.69) is 24.4 Å². The zero-order chi connectivity index (χ0) is 12.8. The van der Waals surface area contributed by atoms with Crippen LogP contribution in [0.2, 0.25) is 0 Å². The largest absolute Gasteiger partial charge is 0.342 e. The minimum atomic E-state index is 0.128. The highest BCUT2D eigenvalue weighted by molar-refractivity contribution is 5.78. The molecule has 17 heavy (non-hydrogen) atoms. The predicted molar refractivity (Wildman–Crippen MR) is 70.8 cm³/mol. The lowest BCUT2D eigenvalue weighted by Gasteiger charge is -2.23. The van der Waals surface area contributed by atoms with Crippen LogP contribution in [0.25, 0.3) is 0 Å². The van der Waals surface area contributed by atoms with Gasteiger partial charge in [-0.3, -0.25) is 4.79 Å². The SMILES string of the molecule is CC(C)N(C)C(=O)CN[C@H](C)c1ccccc1. The highest BCUT2D eigenvalue weighted by Gasteiger charge is 2.13. The zero-order valence-electron chi connectivity index (χ0n) is 11.1. The molecule has 0 saturated carbocycles. The van der Waals surface area contributed by atoms with Crippen LogP contribution < -0.4 is 5.32 Å². The van der Waals surface area contributed by atoms with Gasteiger partial charge in [0.1, 0.15) is 0 Å². The first-order valence-corrected chi connectivity index (χ1v) is 6.06. The summed E-state index contributed by atoms with van der Waals surface area (Å²) in [4.78, 5) is 13.5. The molecular weight excluding hydrogens is 212 g/mol. The summed E-state index contributed by atoms with van der Waals surface area (Å²) >= 11 is 0. The fourth-order valence-electron chi connectivity index (χ4n) is 1.51. The Labute approximate surface area is 104 Å². The quantitative estimate of drug-likeness (QED) is 0.847. The molecule has 1 aromatic rings. The molecule has 0 heterocycles. The van der Waals surface area contributed by atoms with Crippen molar-refractivity contribution in [2.24, 2.45) is 0 Å². The van der Waals surface area contributed by atoms with Gasteiger partial charge in [0.15, 0.2) is 0 Å². The Hall–Kier alpha value is -1.35. The average Bonchev–Trinajstić information content (AvgIpc) is 2.35. The zero-order valence-corrected chi connectivity index (χ0v) is 11.1. The third-order valence-corrected chi connectivity index (χ3v) is 3.03. The Morgan fingerprint density at radius 2 is 1.82 bits per heavy atom. The third-order valence-electron chi connectivity index (χ3n) is 3.03. The summed E-state index contributed by atoms with van der Waals surface area (Å²) in [5.74, 6) is 0.128. The van der Waals surface area contributed by atoms with Crippen molar-refractivity contribution in [3.8, 4) is 0 Å². The number of amides is 1. The lowest BCUT2D eigenvalue weighted by molar-refractivity contribution is -0.130. The van der Waals surface area contributed by atoms with E-state index in [1.165, 1.54) is 5.56 Å². The molecule has 1 rings (SSSR count). The van der Waals surface area contributed by atoms with Gasteiger partial charge in [0.05, 0.1) is 6.54 Å². The molecular formula is C14H22N2O. The Kier molecular flexibility index (Phi) is 5.16. The fourth-order valence-corrected chi connectivity index (χ4v) is 1.51. The second-order valence-electron chi connectivity index (χ2n) is 4.61. The predicted octanol–water partition coefficient (Wildman–Crippen LogP) is 2.20. The number of rotatable bonds is 5. The van der Waals surface area contributed by atoms with E-state index in [-0.39, 0.29) is 18.0 Å². The molecule has 0 aliphatic carbocycles. The maximum atomic E-state index is 11.8. The van der Waals surface area contributed by atoms with Crippen molar-refractivity contribution in [2.45, 2.75) is 32.9 Å². The first kappa shape index (κ1) is 13.7. The maximum Gasteiger partial charge on any atom is 0.236 e. The summed E-state index contributed by atoms with van der Waals surface area (Å²) in [7, 11) is 1.84. The molecule has 94 valence electrons. The van der Waals surface area contributed by atoms with E-state index in [1.54, 1.807) is 4.90 Å². The summed E-state index contributed by atoms with van der Waals surface area (Å²) in [6.07, 6.45) is 0. The van der Waals surface area contributed by atoms with Crippen LogP contribution in [0.5, 0.6) is 0 Å². The number of nitrogens with one attached hydrogen (secondary N) is 1. The van der Waals surface area contributed by atoms with Crippen LogP contribution >= 0.6 is 0 Å². The molecule has 0 aliphatic heterocycles. The second-order valence-corrected chi connectivity index (χ2v) is 4.61. The minimum Gasteiger partial charge on any atom is -0.342 e. The lowest BCUT2D eigenvalue weighted by Crippen LogP contribution is -2.40. The molecule has 0 spiro atoms. The average molecular weight is 234 g/mol. The van der Waals surface area contributed by atoms with E-state index in [4.69, 9.17) is 0 Å². The lowest BCUT2D eigenvalue weighted by atomic mass is 10.1. The van der Waals surface area contributed by atoms with Crippen molar-refractivity contribution in [2.75, 3.05) is 13.6 Å². The fraction of sp³-hybridized carbons (Fsp3) is 0.500. The molecule has 3 heteroatoms. The van der Waals surface area contributed by atoms with E-state index in [0.29, 0.717) is 6.54 Å². The molecule has 0 fully saturated rings. The van der Waals surface area contributed by atoms with E-state index in [0.717, 1.165) is 0 Å². The minimum absolute atomic E-state index is 0.128. The molecule has 1 aromatic carbocycles. The van der Waals surface area contributed by atoms with Crippen molar-refractivity contribution >= 4 is 5.91 Å². The molecule has 0 radical (unpaired) electrons. The van der Waals surface area contributed by atoms with Crippen molar-refractivity contribution < 1.29 is 4.79 Å². The number of hydrogen-bond donors (Lipinski definition) is 1. The van der Waals surface area contributed by atoms with E-state index < -0.39 is 0 Å². The molecule has 1 amide bonds. The summed E-state index contributed by atoms with van der Waals surface area (Å²) < 4.78 is 0. The van der Waals surface area contributed by atoms with E-state index >= 15 is 0 Å². The van der Waals surface area contributed by atoms with Crippen LogP contribution in [0.4, 0.5) is 0 Å². The Bertz CT molecular complexity index is 348. The topological polar surface area (TPSA) is 32.3 Å². The molecule has 0 saturated heterocycles. The van der Waals surface area contributed by atoms with Crippen LogP contribution in [-0.2, 0) is 4.79 Å². The van der Waals surface area contributed by atoms with Crippen molar-refractivity contribution in [1.29, 1.82) is 0 Å². The van der Waals surface area contributed by atoms with E-state index in [1.807, 2.05) is 39.1 Å². The number of carbonyl (C=O) groups excluding carboxylic acids is 1. The highest BCUT2D eigenvalue weighted by Crippen LogP contribution is 2.10. The van der Waals surface area contributed by atoms with Crippen molar-refractivity contribution in [3.63, 3.8) is 0 Å². The van der Waals surface area contributed by atoms with Crippen molar-refractivity contribution in [1.82, 2.24) is 10.2 Å². The van der Waals surface area contributed by atoms with Crippen LogP contribution in [0.3, 0.4) is 0 Å². The van der Waals surface area contributed by atoms with Gasteiger partial charge in [-0.2, -0.15) is 0 Å². The smallest absolute Gasteiger partial charge is 0.236 e. The monoisotopic (exact) mass is 234 g/mol. The van der Waals surface area contributed by atoms with Crippen LogP contribution in [0.15, 0.2) is 30.3 Å². The Balaban J connectivity index is 2.44. The highest BCUT2D eigenvalue weighted by atomic mass is 16.2. The summed E-state index contributed by atoms with van der Waals surface area (Å²) in [6.45, 7) is 6.47. The molecule has 0 bridgehead atoms. The molecule has 1 atom stereocenters.